The van der Waals surface area contributed by atoms with Crippen LogP contribution in [0.5, 0.6) is 5.75 Å². The number of nitrogens with zero attached hydrogens (tertiary/aromatic N) is 2. The van der Waals surface area contributed by atoms with E-state index in [1.54, 1.807) is 24.6 Å². The molecule has 0 aliphatic heterocycles. The maximum atomic E-state index is 13.4. The fourth-order valence-electron chi connectivity index (χ4n) is 2.03. The van der Waals surface area contributed by atoms with Gasteiger partial charge in [0.15, 0.2) is 5.75 Å². The van der Waals surface area contributed by atoms with Crippen molar-refractivity contribution >= 4 is 39.5 Å². The van der Waals surface area contributed by atoms with Crippen molar-refractivity contribution in [3.63, 3.8) is 0 Å². The summed E-state index contributed by atoms with van der Waals surface area (Å²) >= 11 is 4.72. The molecule has 0 saturated carbocycles. The number of ether oxygens (including phenoxy) is 1. The fraction of sp³-hybridized carbons (Fsp3) is 0.267. The van der Waals surface area contributed by atoms with Gasteiger partial charge in [-0.2, -0.15) is 17.2 Å². The number of hydrogen-bond acceptors (Lipinski definition) is 6. The van der Waals surface area contributed by atoms with E-state index in [1.807, 2.05) is 4.72 Å². The third kappa shape index (κ3) is 6.64. The number of anilines is 2. The summed E-state index contributed by atoms with van der Waals surface area (Å²) in [6, 6.07) is 4.96. The summed E-state index contributed by atoms with van der Waals surface area (Å²) in [6.45, 7) is 3.29. The van der Waals surface area contributed by atoms with E-state index in [-0.39, 0.29) is 5.95 Å². The highest BCUT2D eigenvalue weighted by molar-refractivity contribution is 7.91. The normalized spacial score (nSPS) is 12.8. The second kappa shape index (κ2) is 8.69. The molecule has 1 aromatic carbocycles. The zero-order valence-corrected chi connectivity index (χ0v) is 16.5. The summed E-state index contributed by atoms with van der Waals surface area (Å²) in [5, 5.41) is 2.12. The van der Waals surface area contributed by atoms with Gasteiger partial charge in [-0.3, -0.25) is 10.0 Å². The number of nitrogens with one attached hydrogen (secondary N) is 3. The summed E-state index contributed by atoms with van der Waals surface area (Å²) in [7, 11) is -4.59. The molecule has 2 rings (SSSR count). The number of alkyl halides is 4. The van der Waals surface area contributed by atoms with Crippen molar-refractivity contribution in [2.75, 3.05) is 10.0 Å². The van der Waals surface area contributed by atoms with E-state index < -0.39 is 39.4 Å². The van der Waals surface area contributed by atoms with Gasteiger partial charge in [-0.05, 0) is 32.0 Å². The number of carbonyl (C=O) groups excluding carboxylic acids is 1. The molecule has 0 aliphatic carbocycles. The van der Waals surface area contributed by atoms with Crippen LogP contribution in [-0.2, 0) is 10.2 Å². The van der Waals surface area contributed by atoms with Gasteiger partial charge in [-0.25, -0.2) is 23.9 Å². The molecule has 0 saturated heterocycles. The minimum absolute atomic E-state index is 0.144. The zero-order chi connectivity index (χ0) is 21.8. The predicted octanol–water partition coefficient (Wildman–Crippen LogP) is 3.08. The van der Waals surface area contributed by atoms with Gasteiger partial charge < -0.3 is 4.74 Å². The molecular weight excluding hydrogens is 439 g/mol. The quantitative estimate of drug-likeness (QED) is 0.554. The maximum absolute atomic E-state index is 13.4. The van der Waals surface area contributed by atoms with Crippen LogP contribution in [0.15, 0.2) is 30.3 Å². The first-order chi connectivity index (χ1) is 13.4. The standard InChI is InChI=1S/C15H15ClF3N5O4S/c1-8-7-9(2)21-13(20-8)22-14(25)24-29(26,27)23-10-5-3-4-6-11(10)28-15(18,19)12(16)17/h3-7,12,23H,1-2H3,(H2,20,21,22,24,25)/t12-/m0/s1. The van der Waals surface area contributed by atoms with Crippen LogP contribution in [0.1, 0.15) is 11.4 Å². The predicted molar refractivity (Wildman–Crippen MR) is 99.0 cm³/mol. The number of urea groups is 1. The molecule has 9 nitrogen and oxygen atoms in total. The van der Waals surface area contributed by atoms with E-state index in [0.29, 0.717) is 11.4 Å². The lowest BCUT2D eigenvalue weighted by atomic mass is 10.3. The minimum atomic E-state index is -4.59. The fourth-order valence-corrected chi connectivity index (χ4v) is 2.88. The number of halogens is 4. The number of carbonyl (C=O) groups is 1. The van der Waals surface area contributed by atoms with Crippen LogP contribution in [0.25, 0.3) is 0 Å². The van der Waals surface area contributed by atoms with Crippen molar-refractivity contribution in [2.45, 2.75) is 25.6 Å². The van der Waals surface area contributed by atoms with Crippen LogP contribution in [-0.4, -0.2) is 36.2 Å². The molecule has 0 bridgehead atoms. The number of hydrogen-bond donors (Lipinski definition) is 3. The Kier molecular flexibility index (Phi) is 6.74. The van der Waals surface area contributed by atoms with Gasteiger partial charge in [0.1, 0.15) is 0 Å². The summed E-state index contributed by atoms with van der Waals surface area (Å²) in [6.07, 6.45) is -4.42. The molecule has 3 N–H and O–H groups in total. The molecule has 0 spiro atoms. The highest BCUT2D eigenvalue weighted by Gasteiger charge is 2.42. The molecule has 158 valence electrons. The number of rotatable bonds is 7. The maximum Gasteiger partial charge on any atom is 0.444 e. The minimum Gasteiger partial charge on any atom is -0.427 e. The van der Waals surface area contributed by atoms with E-state index in [1.165, 1.54) is 12.1 Å². The number of amides is 2. The average molecular weight is 454 g/mol. The summed E-state index contributed by atoms with van der Waals surface area (Å²) in [4.78, 5) is 19.7. The molecule has 29 heavy (non-hydrogen) atoms. The molecule has 2 aromatic rings. The molecule has 0 radical (unpaired) electrons. The van der Waals surface area contributed by atoms with E-state index in [4.69, 9.17) is 11.6 Å². The molecule has 0 aliphatic rings. The Bertz CT molecular complexity index is 987. The first-order valence-corrected chi connectivity index (χ1v) is 9.68. The lowest BCUT2D eigenvalue weighted by Crippen LogP contribution is -2.39. The second-order valence-electron chi connectivity index (χ2n) is 5.60. The highest BCUT2D eigenvalue weighted by Crippen LogP contribution is 2.33. The largest absolute Gasteiger partial charge is 0.444 e. The number of aryl methyl sites for hydroxylation is 2. The van der Waals surface area contributed by atoms with Gasteiger partial charge in [0.25, 0.3) is 5.63 Å². The first-order valence-electron chi connectivity index (χ1n) is 7.76. The van der Waals surface area contributed by atoms with Gasteiger partial charge in [-0.1, -0.05) is 23.7 Å². The smallest absolute Gasteiger partial charge is 0.427 e. The molecule has 0 unspecified atom stereocenters. The van der Waals surface area contributed by atoms with E-state index in [0.717, 1.165) is 12.1 Å². The SMILES string of the molecule is Cc1cc(C)nc(NC(=O)NS(=O)(=O)Nc2ccccc2OC(F)(F)[C@H](F)Cl)n1. The zero-order valence-electron chi connectivity index (χ0n) is 14.9. The van der Waals surface area contributed by atoms with Crippen LogP contribution in [0.2, 0.25) is 0 Å². The van der Waals surface area contributed by atoms with Gasteiger partial charge in [-0.15, -0.1) is 0 Å². The summed E-state index contributed by atoms with van der Waals surface area (Å²) in [5.41, 5.74) is -2.60. The van der Waals surface area contributed by atoms with E-state index >= 15 is 0 Å². The Balaban J connectivity index is 2.12. The molecular formula is C15H15ClF3N5O4S. The van der Waals surface area contributed by atoms with Gasteiger partial charge in [0.05, 0.1) is 5.69 Å². The molecule has 0 fully saturated rings. The van der Waals surface area contributed by atoms with E-state index in [2.05, 4.69) is 20.0 Å². The van der Waals surface area contributed by atoms with Gasteiger partial charge in [0, 0.05) is 11.4 Å². The third-order valence-corrected chi connectivity index (χ3v) is 4.26. The topological polar surface area (TPSA) is 122 Å². The number of para-hydroxylation sites is 2. The van der Waals surface area contributed by atoms with Crippen LogP contribution >= 0.6 is 11.6 Å². The summed E-state index contributed by atoms with van der Waals surface area (Å²) in [5.74, 6) is -0.862. The average Bonchev–Trinajstić information content (AvgIpc) is 2.54. The Morgan fingerprint density at radius 2 is 1.79 bits per heavy atom. The Morgan fingerprint density at radius 1 is 1.21 bits per heavy atom. The molecule has 1 aromatic heterocycles. The first kappa shape index (κ1) is 22.5. The highest BCUT2D eigenvalue weighted by atomic mass is 35.5. The van der Waals surface area contributed by atoms with Crippen LogP contribution < -0.4 is 19.5 Å². The van der Waals surface area contributed by atoms with Crippen LogP contribution in [0.4, 0.5) is 29.6 Å². The molecule has 1 atom stereocenters. The van der Waals surface area contributed by atoms with Crippen molar-refractivity contribution in [2.24, 2.45) is 0 Å². The monoisotopic (exact) mass is 453 g/mol. The van der Waals surface area contributed by atoms with Crippen molar-refractivity contribution < 1.29 is 31.1 Å². The third-order valence-electron chi connectivity index (χ3n) is 3.07. The lowest BCUT2D eigenvalue weighted by Gasteiger charge is -2.20. The molecule has 14 heteroatoms. The number of aromatic nitrogens is 2. The van der Waals surface area contributed by atoms with Crippen molar-refractivity contribution in [3.05, 3.63) is 41.7 Å². The Morgan fingerprint density at radius 3 is 2.38 bits per heavy atom. The van der Waals surface area contributed by atoms with Crippen LogP contribution in [0, 0.1) is 13.8 Å². The van der Waals surface area contributed by atoms with Crippen molar-refractivity contribution in [3.8, 4) is 5.75 Å². The van der Waals surface area contributed by atoms with Crippen LogP contribution in [0.3, 0.4) is 0 Å². The second-order valence-corrected chi connectivity index (χ2v) is 7.40. The van der Waals surface area contributed by atoms with Crippen molar-refractivity contribution in [1.82, 2.24) is 14.7 Å². The Labute approximate surface area is 168 Å². The van der Waals surface area contributed by atoms with Gasteiger partial charge >= 0.3 is 22.3 Å². The van der Waals surface area contributed by atoms with E-state index in [9.17, 15) is 26.4 Å². The number of benzene rings is 1. The van der Waals surface area contributed by atoms with Gasteiger partial charge in [0.2, 0.25) is 5.95 Å². The molecule has 2 amide bonds. The summed E-state index contributed by atoms with van der Waals surface area (Å²) < 4.78 is 71.3. The Hall–Kier alpha value is -2.80. The van der Waals surface area contributed by atoms with Crippen molar-refractivity contribution in [1.29, 1.82) is 0 Å². The molecule has 1 heterocycles. The lowest BCUT2D eigenvalue weighted by molar-refractivity contribution is -0.198.